The zero-order chi connectivity index (χ0) is 14.7. The van der Waals surface area contributed by atoms with Gasteiger partial charge >= 0.3 is 0 Å². The van der Waals surface area contributed by atoms with Gasteiger partial charge in [-0.25, -0.2) is 4.98 Å². The molecule has 1 aliphatic rings. The van der Waals surface area contributed by atoms with E-state index in [1.807, 2.05) is 19.1 Å². The van der Waals surface area contributed by atoms with Crippen molar-refractivity contribution < 1.29 is 9.21 Å². The molecule has 1 amide bonds. The highest BCUT2D eigenvalue weighted by molar-refractivity contribution is 7.15. The smallest absolute Gasteiger partial charge is 0.271 e. The van der Waals surface area contributed by atoms with E-state index < -0.39 is 0 Å². The molecule has 3 rings (SSSR count). The average Bonchev–Trinajstić information content (AvgIpc) is 3.15. The van der Waals surface area contributed by atoms with Gasteiger partial charge < -0.3 is 15.1 Å². The molecule has 2 aromatic rings. The lowest BCUT2D eigenvalue weighted by atomic mass is 10.00. The fourth-order valence-corrected chi connectivity index (χ4v) is 3.41. The molecule has 6 heteroatoms. The first-order valence-corrected chi connectivity index (χ1v) is 8.06. The number of aromatic nitrogens is 1. The maximum Gasteiger partial charge on any atom is 0.271 e. The maximum absolute atomic E-state index is 12.3. The molecule has 0 radical (unpaired) electrons. The largest absolute Gasteiger partial charge is 0.462 e. The van der Waals surface area contributed by atoms with Gasteiger partial charge in [0.1, 0.15) is 5.69 Å². The summed E-state index contributed by atoms with van der Waals surface area (Å²) >= 11 is 1.48. The highest BCUT2D eigenvalue weighted by atomic mass is 32.1. The van der Waals surface area contributed by atoms with Gasteiger partial charge in [0, 0.05) is 11.4 Å². The highest BCUT2D eigenvalue weighted by Crippen LogP contribution is 2.27. The molecule has 2 aromatic heterocycles. The lowest BCUT2D eigenvalue weighted by Gasteiger charge is -2.22. The molecule has 0 bridgehead atoms. The van der Waals surface area contributed by atoms with Gasteiger partial charge in [-0.05, 0) is 50.9 Å². The van der Waals surface area contributed by atoms with E-state index in [-0.39, 0.29) is 5.91 Å². The third kappa shape index (κ3) is 3.33. The lowest BCUT2D eigenvalue weighted by Crippen LogP contribution is -2.38. The Bertz CT molecular complexity index is 600. The van der Waals surface area contributed by atoms with E-state index in [1.54, 1.807) is 6.26 Å². The summed E-state index contributed by atoms with van der Waals surface area (Å²) in [6.07, 6.45) is 3.96. The topological polar surface area (TPSA) is 67.2 Å². The van der Waals surface area contributed by atoms with Crippen LogP contribution in [-0.2, 0) is 0 Å². The van der Waals surface area contributed by atoms with Crippen LogP contribution in [0.2, 0.25) is 0 Å². The Labute approximate surface area is 127 Å². The monoisotopic (exact) mass is 305 g/mol. The molecule has 1 fully saturated rings. The molecule has 1 saturated heterocycles. The molecule has 0 aromatic carbocycles. The molecule has 1 aliphatic heterocycles. The Morgan fingerprint density at radius 2 is 2.52 bits per heavy atom. The number of carbonyl (C=O) groups excluding carboxylic acids is 1. The Hall–Kier alpha value is -1.66. The van der Waals surface area contributed by atoms with Crippen molar-refractivity contribution >= 4 is 17.2 Å². The average molecular weight is 305 g/mol. The number of thiazole rings is 1. The zero-order valence-corrected chi connectivity index (χ0v) is 12.8. The first-order valence-electron chi connectivity index (χ1n) is 7.24. The van der Waals surface area contributed by atoms with Crippen LogP contribution < -0.4 is 10.6 Å². The lowest BCUT2D eigenvalue weighted by molar-refractivity contribution is 0.0940. The molecule has 0 aliphatic carbocycles. The molecule has 5 nitrogen and oxygen atoms in total. The molecular weight excluding hydrogens is 286 g/mol. The summed E-state index contributed by atoms with van der Waals surface area (Å²) in [5.74, 6) is 1.14. The summed E-state index contributed by atoms with van der Waals surface area (Å²) < 4.78 is 5.33. The van der Waals surface area contributed by atoms with Crippen LogP contribution in [0.5, 0.6) is 0 Å². The van der Waals surface area contributed by atoms with E-state index in [1.165, 1.54) is 24.2 Å². The molecule has 21 heavy (non-hydrogen) atoms. The summed E-state index contributed by atoms with van der Waals surface area (Å²) in [4.78, 5) is 17.6. The second-order valence-corrected chi connectivity index (χ2v) is 6.53. The van der Waals surface area contributed by atoms with Crippen molar-refractivity contribution in [2.75, 3.05) is 19.6 Å². The quantitative estimate of drug-likeness (QED) is 0.910. The SMILES string of the molecule is Cc1sc(-c2ccco2)nc1C(=O)NCC1CCCNC1. The number of aryl methyl sites for hydroxylation is 1. The fraction of sp³-hybridized carbons (Fsp3) is 0.467. The van der Waals surface area contributed by atoms with E-state index in [9.17, 15) is 4.79 Å². The molecule has 1 atom stereocenters. The van der Waals surface area contributed by atoms with Gasteiger partial charge in [-0.15, -0.1) is 11.3 Å². The van der Waals surface area contributed by atoms with E-state index in [4.69, 9.17) is 4.42 Å². The van der Waals surface area contributed by atoms with Crippen molar-refractivity contribution in [3.05, 3.63) is 29.0 Å². The van der Waals surface area contributed by atoms with Gasteiger partial charge in [-0.1, -0.05) is 0 Å². The minimum atomic E-state index is -0.0906. The van der Waals surface area contributed by atoms with Gasteiger partial charge in [0.05, 0.1) is 6.26 Å². The van der Waals surface area contributed by atoms with Crippen molar-refractivity contribution in [2.24, 2.45) is 5.92 Å². The van der Waals surface area contributed by atoms with Gasteiger partial charge in [0.2, 0.25) is 0 Å². The van der Waals surface area contributed by atoms with Crippen LogP contribution in [0, 0.1) is 12.8 Å². The minimum Gasteiger partial charge on any atom is -0.462 e. The van der Waals surface area contributed by atoms with Crippen LogP contribution in [0.3, 0.4) is 0 Å². The Kier molecular flexibility index (Phi) is 4.36. The number of piperidine rings is 1. The normalized spacial score (nSPS) is 18.6. The zero-order valence-electron chi connectivity index (χ0n) is 12.0. The van der Waals surface area contributed by atoms with Crippen molar-refractivity contribution in [3.63, 3.8) is 0 Å². The van der Waals surface area contributed by atoms with Gasteiger partial charge in [-0.2, -0.15) is 0 Å². The van der Waals surface area contributed by atoms with E-state index in [0.29, 0.717) is 23.9 Å². The highest BCUT2D eigenvalue weighted by Gasteiger charge is 2.19. The molecule has 0 saturated carbocycles. The Balaban J connectivity index is 1.64. The molecule has 1 unspecified atom stereocenters. The van der Waals surface area contributed by atoms with Crippen LogP contribution in [0.25, 0.3) is 10.8 Å². The number of hydrogen-bond acceptors (Lipinski definition) is 5. The second kappa shape index (κ2) is 6.41. The summed E-state index contributed by atoms with van der Waals surface area (Å²) in [5, 5.41) is 7.11. The van der Waals surface area contributed by atoms with Crippen molar-refractivity contribution in [1.29, 1.82) is 0 Å². The van der Waals surface area contributed by atoms with Crippen LogP contribution in [-0.4, -0.2) is 30.5 Å². The van der Waals surface area contributed by atoms with Gasteiger partial charge in [0.15, 0.2) is 10.8 Å². The maximum atomic E-state index is 12.3. The molecule has 0 spiro atoms. The Morgan fingerprint density at radius 1 is 1.62 bits per heavy atom. The fourth-order valence-electron chi connectivity index (χ4n) is 2.53. The number of amides is 1. The third-order valence-corrected chi connectivity index (χ3v) is 4.68. The summed E-state index contributed by atoms with van der Waals surface area (Å²) in [6.45, 7) is 4.69. The first kappa shape index (κ1) is 14.3. The van der Waals surface area contributed by atoms with Crippen molar-refractivity contribution in [2.45, 2.75) is 19.8 Å². The minimum absolute atomic E-state index is 0.0906. The van der Waals surface area contributed by atoms with Crippen LogP contribution in [0.4, 0.5) is 0 Å². The number of hydrogen-bond donors (Lipinski definition) is 2. The number of furan rings is 1. The summed E-state index contributed by atoms with van der Waals surface area (Å²) in [6, 6.07) is 3.68. The second-order valence-electron chi connectivity index (χ2n) is 5.32. The summed E-state index contributed by atoms with van der Waals surface area (Å²) in [7, 11) is 0. The van der Waals surface area contributed by atoms with E-state index >= 15 is 0 Å². The number of rotatable bonds is 4. The molecule has 3 heterocycles. The van der Waals surface area contributed by atoms with E-state index in [0.717, 1.165) is 23.0 Å². The summed E-state index contributed by atoms with van der Waals surface area (Å²) in [5.41, 5.74) is 0.509. The van der Waals surface area contributed by atoms with Crippen LogP contribution in [0.15, 0.2) is 22.8 Å². The number of nitrogens with zero attached hydrogens (tertiary/aromatic N) is 1. The number of carbonyl (C=O) groups is 1. The predicted octanol–water partition coefficient (Wildman–Crippen LogP) is 2.44. The predicted molar refractivity (Wildman–Crippen MR) is 82.5 cm³/mol. The van der Waals surface area contributed by atoms with Crippen molar-refractivity contribution in [1.82, 2.24) is 15.6 Å². The number of nitrogens with one attached hydrogen (secondary N) is 2. The first-order chi connectivity index (χ1) is 10.2. The third-order valence-electron chi connectivity index (χ3n) is 3.69. The molecular formula is C15H19N3O2S. The molecule has 2 N–H and O–H groups in total. The molecule has 112 valence electrons. The van der Waals surface area contributed by atoms with Crippen molar-refractivity contribution in [3.8, 4) is 10.8 Å². The van der Waals surface area contributed by atoms with Crippen LogP contribution >= 0.6 is 11.3 Å². The van der Waals surface area contributed by atoms with E-state index in [2.05, 4.69) is 15.6 Å². The Morgan fingerprint density at radius 3 is 3.24 bits per heavy atom. The standard InChI is InChI=1S/C15H19N3O2S/c1-10-13(18-15(21-10)12-5-3-7-20-12)14(19)17-9-11-4-2-6-16-8-11/h3,5,7,11,16H,2,4,6,8-9H2,1H3,(H,17,19). The van der Waals surface area contributed by atoms with Gasteiger partial charge in [-0.3, -0.25) is 4.79 Å². The van der Waals surface area contributed by atoms with Crippen LogP contribution in [0.1, 0.15) is 28.2 Å². The van der Waals surface area contributed by atoms with Gasteiger partial charge in [0.25, 0.3) is 5.91 Å².